The molecule has 2 aliphatic rings. The van der Waals surface area contributed by atoms with E-state index in [1.807, 2.05) is 0 Å². The highest BCUT2D eigenvalue weighted by Crippen LogP contribution is 2.49. The van der Waals surface area contributed by atoms with Gasteiger partial charge in [-0.2, -0.15) is 5.26 Å². The Kier molecular flexibility index (Phi) is 3.72. The van der Waals surface area contributed by atoms with Crippen LogP contribution in [0.1, 0.15) is 25.7 Å². The first-order valence-corrected chi connectivity index (χ1v) is 6.48. The van der Waals surface area contributed by atoms with Crippen molar-refractivity contribution in [2.75, 3.05) is 33.7 Å². The Morgan fingerprint density at radius 2 is 2.18 bits per heavy atom. The molecule has 17 heavy (non-hydrogen) atoms. The molecule has 0 aromatic rings. The minimum atomic E-state index is -0.183. The molecule has 1 heterocycles. The normalized spacial score (nSPS) is 31.7. The molecule has 96 valence electrons. The van der Waals surface area contributed by atoms with Gasteiger partial charge in [-0.3, -0.25) is 4.90 Å². The number of likely N-dealkylation sites (tertiary alicyclic amines) is 1. The molecule has 2 atom stereocenters. The van der Waals surface area contributed by atoms with Gasteiger partial charge in [0.25, 0.3) is 0 Å². The summed E-state index contributed by atoms with van der Waals surface area (Å²) in [5.41, 5.74) is 0.253. The van der Waals surface area contributed by atoms with Gasteiger partial charge in [0, 0.05) is 32.1 Å². The molecule has 0 aromatic carbocycles. The molecule has 2 unspecified atom stereocenters. The van der Waals surface area contributed by atoms with Crippen LogP contribution in [0.25, 0.3) is 0 Å². The number of hydrogen-bond acceptors (Lipinski definition) is 4. The van der Waals surface area contributed by atoms with Gasteiger partial charge in [0.1, 0.15) is 0 Å². The maximum atomic E-state index is 9.80. The largest absolute Gasteiger partial charge is 0.392 e. The van der Waals surface area contributed by atoms with Crippen LogP contribution in [0, 0.1) is 16.7 Å². The number of hydrogen-bond donors (Lipinski definition) is 1. The standard InChI is InChI=1S/C13H23N3O/c1-15(2)8-11-7-12(17)9-16(11)10-13(3-4-13)5-6-14/h11-12,17H,3-5,7-10H2,1-2H3. The van der Waals surface area contributed by atoms with E-state index in [0.717, 1.165) is 26.1 Å². The second-order valence-corrected chi connectivity index (χ2v) is 6.07. The second kappa shape index (κ2) is 4.93. The van der Waals surface area contributed by atoms with Gasteiger partial charge in [0.2, 0.25) is 0 Å². The molecule has 4 heteroatoms. The van der Waals surface area contributed by atoms with Crippen LogP contribution in [0.2, 0.25) is 0 Å². The fourth-order valence-corrected chi connectivity index (χ4v) is 2.93. The van der Waals surface area contributed by atoms with Crippen LogP contribution in [0.15, 0.2) is 0 Å². The third kappa shape index (κ3) is 3.19. The van der Waals surface area contributed by atoms with Crippen molar-refractivity contribution in [3.05, 3.63) is 0 Å². The molecule has 1 saturated heterocycles. The van der Waals surface area contributed by atoms with Gasteiger partial charge < -0.3 is 10.0 Å². The van der Waals surface area contributed by atoms with E-state index in [1.54, 1.807) is 0 Å². The van der Waals surface area contributed by atoms with Gasteiger partial charge in [0.05, 0.1) is 12.2 Å². The lowest BCUT2D eigenvalue weighted by Crippen LogP contribution is -2.40. The van der Waals surface area contributed by atoms with Crippen LogP contribution in [-0.4, -0.2) is 60.8 Å². The van der Waals surface area contributed by atoms with Crippen LogP contribution in [0.3, 0.4) is 0 Å². The van der Waals surface area contributed by atoms with E-state index >= 15 is 0 Å². The highest BCUT2D eigenvalue weighted by atomic mass is 16.3. The number of rotatable bonds is 5. The summed E-state index contributed by atoms with van der Waals surface area (Å²) in [6.45, 7) is 2.78. The van der Waals surface area contributed by atoms with Gasteiger partial charge in [-0.05, 0) is 38.8 Å². The van der Waals surface area contributed by atoms with Crippen molar-refractivity contribution in [1.29, 1.82) is 5.26 Å². The minimum Gasteiger partial charge on any atom is -0.392 e. The smallest absolute Gasteiger partial charge is 0.0682 e. The van der Waals surface area contributed by atoms with Crippen LogP contribution < -0.4 is 0 Å². The van der Waals surface area contributed by atoms with Gasteiger partial charge in [-0.1, -0.05) is 0 Å². The summed E-state index contributed by atoms with van der Waals surface area (Å²) >= 11 is 0. The molecular formula is C13H23N3O. The third-order valence-corrected chi connectivity index (χ3v) is 4.03. The highest BCUT2D eigenvalue weighted by Gasteiger charge is 2.46. The topological polar surface area (TPSA) is 50.5 Å². The first kappa shape index (κ1) is 12.8. The molecule has 0 spiro atoms. The quantitative estimate of drug-likeness (QED) is 0.764. The molecule has 0 radical (unpaired) electrons. The van der Waals surface area contributed by atoms with Crippen molar-refractivity contribution in [2.45, 2.75) is 37.8 Å². The molecule has 1 aliphatic carbocycles. The Morgan fingerprint density at radius 1 is 1.47 bits per heavy atom. The lowest BCUT2D eigenvalue weighted by atomic mass is 10.0. The Hall–Kier alpha value is -0.630. The van der Waals surface area contributed by atoms with E-state index in [2.05, 4.69) is 30.0 Å². The van der Waals surface area contributed by atoms with Crippen LogP contribution >= 0.6 is 0 Å². The van der Waals surface area contributed by atoms with Gasteiger partial charge in [0.15, 0.2) is 0 Å². The van der Waals surface area contributed by atoms with Crippen molar-refractivity contribution < 1.29 is 5.11 Å². The van der Waals surface area contributed by atoms with E-state index in [1.165, 1.54) is 12.8 Å². The number of aliphatic hydroxyl groups is 1. The number of nitrogens with zero attached hydrogens (tertiary/aromatic N) is 3. The summed E-state index contributed by atoms with van der Waals surface area (Å²) in [6, 6.07) is 2.77. The zero-order valence-corrected chi connectivity index (χ0v) is 10.9. The Morgan fingerprint density at radius 3 is 2.71 bits per heavy atom. The summed E-state index contributed by atoms with van der Waals surface area (Å²) in [7, 11) is 4.15. The minimum absolute atomic E-state index is 0.183. The number of β-amino-alcohol motifs (C(OH)–C–C–N with tert-alkyl or cyclic N) is 1. The maximum absolute atomic E-state index is 9.80. The number of aliphatic hydroxyl groups excluding tert-OH is 1. The summed E-state index contributed by atoms with van der Waals surface area (Å²) in [4.78, 5) is 4.58. The predicted molar refractivity (Wildman–Crippen MR) is 66.4 cm³/mol. The fraction of sp³-hybridized carbons (Fsp3) is 0.923. The summed E-state index contributed by atoms with van der Waals surface area (Å²) in [5, 5.41) is 18.7. The SMILES string of the molecule is CN(C)CC1CC(O)CN1CC1(CC#N)CC1. The summed E-state index contributed by atoms with van der Waals surface area (Å²) < 4.78 is 0. The van der Waals surface area contributed by atoms with Crippen molar-refractivity contribution in [3.8, 4) is 6.07 Å². The van der Waals surface area contributed by atoms with E-state index < -0.39 is 0 Å². The van der Waals surface area contributed by atoms with Gasteiger partial charge in [-0.25, -0.2) is 0 Å². The predicted octanol–water partition coefficient (Wildman–Crippen LogP) is 0.677. The summed E-state index contributed by atoms with van der Waals surface area (Å²) in [6.07, 6.45) is 3.73. The fourth-order valence-electron chi connectivity index (χ4n) is 2.93. The highest BCUT2D eigenvalue weighted by molar-refractivity contribution is 5.03. The van der Waals surface area contributed by atoms with Crippen molar-refractivity contribution in [3.63, 3.8) is 0 Å². The van der Waals surface area contributed by atoms with Crippen molar-refractivity contribution in [1.82, 2.24) is 9.80 Å². The van der Waals surface area contributed by atoms with Crippen LogP contribution in [0.4, 0.5) is 0 Å². The zero-order valence-electron chi connectivity index (χ0n) is 10.9. The molecule has 0 aromatic heterocycles. The van der Waals surface area contributed by atoms with Crippen molar-refractivity contribution in [2.24, 2.45) is 5.41 Å². The maximum Gasteiger partial charge on any atom is 0.0682 e. The molecule has 2 fully saturated rings. The third-order valence-electron chi connectivity index (χ3n) is 4.03. The Balaban J connectivity index is 1.92. The lowest BCUT2D eigenvalue weighted by molar-refractivity contribution is 0.154. The van der Waals surface area contributed by atoms with Gasteiger partial charge in [-0.15, -0.1) is 0 Å². The van der Waals surface area contributed by atoms with E-state index in [4.69, 9.17) is 5.26 Å². The Labute approximate surface area is 104 Å². The molecule has 1 N–H and O–H groups in total. The van der Waals surface area contributed by atoms with E-state index in [-0.39, 0.29) is 11.5 Å². The lowest BCUT2D eigenvalue weighted by Gasteiger charge is -2.29. The molecule has 0 amide bonds. The molecule has 1 saturated carbocycles. The van der Waals surface area contributed by atoms with Crippen molar-refractivity contribution >= 4 is 0 Å². The number of nitriles is 1. The summed E-state index contributed by atoms with van der Waals surface area (Å²) in [5.74, 6) is 0. The molecule has 2 rings (SSSR count). The van der Waals surface area contributed by atoms with Crippen LogP contribution in [-0.2, 0) is 0 Å². The first-order valence-electron chi connectivity index (χ1n) is 6.48. The first-order chi connectivity index (χ1) is 8.04. The molecule has 1 aliphatic heterocycles. The monoisotopic (exact) mass is 237 g/mol. The van der Waals surface area contributed by atoms with Gasteiger partial charge >= 0.3 is 0 Å². The molecular weight excluding hydrogens is 214 g/mol. The zero-order chi connectivity index (χ0) is 12.5. The Bertz CT molecular complexity index is 306. The molecule has 0 bridgehead atoms. The number of likely N-dealkylation sites (N-methyl/N-ethyl adjacent to an activating group) is 1. The molecule has 4 nitrogen and oxygen atoms in total. The average Bonchev–Trinajstić information content (AvgIpc) is 2.87. The van der Waals surface area contributed by atoms with E-state index in [0.29, 0.717) is 12.5 Å². The average molecular weight is 237 g/mol. The van der Waals surface area contributed by atoms with E-state index in [9.17, 15) is 5.11 Å². The second-order valence-electron chi connectivity index (χ2n) is 6.07. The van der Waals surface area contributed by atoms with Crippen LogP contribution in [0.5, 0.6) is 0 Å².